The van der Waals surface area contributed by atoms with Crippen LogP contribution in [0.5, 0.6) is 17.2 Å². The van der Waals surface area contributed by atoms with E-state index in [0.29, 0.717) is 34.4 Å². The van der Waals surface area contributed by atoms with Crippen LogP contribution in [0.15, 0.2) is 41.3 Å². The van der Waals surface area contributed by atoms with E-state index in [9.17, 15) is 14.4 Å². The van der Waals surface area contributed by atoms with Crippen molar-refractivity contribution in [2.45, 2.75) is 6.92 Å². The monoisotopic (exact) mass is 490 g/mol. The second kappa shape index (κ2) is 11.1. The van der Waals surface area contributed by atoms with Gasteiger partial charge in [0.1, 0.15) is 5.75 Å². The van der Waals surface area contributed by atoms with Crippen LogP contribution in [-0.2, 0) is 4.79 Å². The Balaban J connectivity index is 1.65. The fourth-order valence-corrected chi connectivity index (χ4v) is 4.16. The number of imide groups is 1. The Morgan fingerprint density at radius 1 is 1.09 bits per heavy atom. The van der Waals surface area contributed by atoms with Gasteiger partial charge in [-0.25, -0.2) is 0 Å². The molecule has 0 unspecified atom stereocenters. The lowest BCUT2D eigenvalue weighted by Crippen LogP contribution is -2.37. The zero-order valence-electron chi connectivity index (χ0n) is 18.3. The maximum Gasteiger partial charge on any atom is 0.293 e. The molecule has 1 N–H and O–H groups in total. The number of nitrogens with one attached hydrogen (secondary N) is 1. The highest BCUT2D eigenvalue weighted by molar-refractivity contribution is 8.18. The predicted molar refractivity (Wildman–Crippen MR) is 127 cm³/mol. The van der Waals surface area contributed by atoms with Gasteiger partial charge in [-0.2, -0.15) is 0 Å². The molecule has 0 atom stereocenters. The lowest BCUT2D eigenvalue weighted by Gasteiger charge is -2.14. The topological polar surface area (TPSA) is 94.2 Å². The fourth-order valence-electron chi connectivity index (χ4n) is 3.13. The summed E-state index contributed by atoms with van der Waals surface area (Å²) in [5.41, 5.74) is 0.964. The first kappa shape index (κ1) is 24.5. The summed E-state index contributed by atoms with van der Waals surface area (Å²) in [5.74, 6) is 0.656. The van der Waals surface area contributed by atoms with Crippen LogP contribution in [0.2, 0.25) is 5.02 Å². The largest absolute Gasteiger partial charge is 0.496 e. The van der Waals surface area contributed by atoms with Gasteiger partial charge >= 0.3 is 0 Å². The molecule has 2 aromatic rings. The van der Waals surface area contributed by atoms with Crippen LogP contribution < -0.4 is 19.5 Å². The van der Waals surface area contributed by atoms with Gasteiger partial charge < -0.3 is 19.5 Å². The number of nitrogens with zero attached hydrogens (tertiary/aromatic N) is 1. The van der Waals surface area contributed by atoms with E-state index in [0.717, 1.165) is 16.7 Å². The van der Waals surface area contributed by atoms with Crippen molar-refractivity contribution in [3.05, 3.63) is 57.5 Å². The molecule has 1 saturated heterocycles. The zero-order valence-corrected chi connectivity index (χ0v) is 19.9. The van der Waals surface area contributed by atoms with E-state index in [1.54, 1.807) is 36.4 Å². The first-order valence-corrected chi connectivity index (χ1v) is 11.2. The Bertz CT molecular complexity index is 1100. The summed E-state index contributed by atoms with van der Waals surface area (Å²) in [5, 5.41) is 2.67. The summed E-state index contributed by atoms with van der Waals surface area (Å²) in [7, 11) is 2.98. The molecule has 174 valence electrons. The minimum Gasteiger partial charge on any atom is -0.496 e. The number of halogens is 1. The molecule has 2 aromatic carbocycles. The minimum atomic E-state index is -0.424. The molecule has 0 saturated carbocycles. The van der Waals surface area contributed by atoms with Gasteiger partial charge in [-0.3, -0.25) is 19.3 Å². The van der Waals surface area contributed by atoms with Gasteiger partial charge in [0, 0.05) is 18.1 Å². The van der Waals surface area contributed by atoms with E-state index in [-0.39, 0.29) is 23.6 Å². The maximum absolute atomic E-state index is 12.7. The summed E-state index contributed by atoms with van der Waals surface area (Å²) < 4.78 is 16.0. The molecule has 0 radical (unpaired) electrons. The SMILES string of the molecule is CCOc1ccc(C=C2SC(=O)N(CCNC(=O)c3cc(Cl)ccc3OC)C2=O)cc1OC. The van der Waals surface area contributed by atoms with Crippen LogP contribution in [0.25, 0.3) is 6.08 Å². The van der Waals surface area contributed by atoms with Crippen molar-refractivity contribution in [2.75, 3.05) is 33.9 Å². The molecule has 1 fully saturated rings. The Kier molecular flexibility index (Phi) is 8.24. The molecular weight excluding hydrogens is 468 g/mol. The third-order valence-corrected chi connectivity index (χ3v) is 5.83. The lowest BCUT2D eigenvalue weighted by atomic mass is 10.2. The van der Waals surface area contributed by atoms with Crippen molar-refractivity contribution < 1.29 is 28.6 Å². The van der Waals surface area contributed by atoms with E-state index < -0.39 is 17.1 Å². The van der Waals surface area contributed by atoms with E-state index in [2.05, 4.69) is 5.32 Å². The van der Waals surface area contributed by atoms with Crippen LogP contribution in [0.1, 0.15) is 22.8 Å². The van der Waals surface area contributed by atoms with Crippen molar-refractivity contribution in [1.29, 1.82) is 0 Å². The predicted octanol–water partition coefficient (Wildman–Crippen LogP) is 4.22. The van der Waals surface area contributed by atoms with E-state index in [4.69, 9.17) is 25.8 Å². The summed E-state index contributed by atoms with van der Waals surface area (Å²) in [4.78, 5) is 39.0. The second-order valence-electron chi connectivity index (χ2n) is 6.78. The smallest absolute Gasteiger partial charge is 0.293 e. The molecule has 8 nitrogen and oxygen atoms in total. The van der Waals surface area contributed by atoms with Crippen molar-refractivity contribution in [3.63, 3.8) is 0 Å². The van der Waals surface area contributed by atoms with Gasteiger partial charge in [-0.05, 0) is 60.7 Å². The third kappa shape index (κ3) is 5.80. The lowest BCUT2D eigenvalue weighted by molar-refractivity contribution is -0.122. The van der Waals surface area contributed by atoms with E-state index >= 15 is 0 Å². The number of hydrogen-bond acceptors (Lipinski definition) is 7. The number of carbonyl (C=O) groups excluding carboxylic acids is 3. The van der Waals surface area contributed by atoms with Crippen molar-refractivity contribution in [1.82, 2.24) is 10.2 Å². The summed E-state index contributed by atoms with van der Waals surface area (Å²) in [6, 6.07) is 9.96. The number of methoxy groups -OCH3 is 2. The molecule has 10 heteroatoms. The summed E-state index contributed by atoms with van der Waals surface area (Å²) in [6.07, 6.45) is 1.62. The molecule has 0 aliphatic carbocycles. The van der Waals surface area contributed by atoms with Gasteiger partial charge in [0.05, 0.1) is 31.3 Å². The Morgan fingerprint density at radius 3 is 2.52 bits per heavy atom. The molecule has 33 heavy (non-hydrogen) atoms. The molecule has 1 heterocycles. The normalized spacial score (nSPS) is 14.5. The number of rotatable bonds is 9. The first-order chi connectivity index (χ1) is 15.9. The van der Waals surface area contributed by atoms with Crippen molar-refractivity contribution in [2.24, 2.45) is 0 Å². The molecular formula is C23H23ClN2O6S. The molecule has 1 aliphatic heterocycles. The van der Waals surface area contributed by atoms with Gasteiger partial charge in [-0.1, -0.05) is 17.7 Å². The number of benzene rings is 2. The Labute approximate surface area is 200 Å². The highest BCUT2D eigenvalue weighted by Crippen LogP contribution is 2.34. The number of hydrogen-bond donors (Lipinski definition) is 1. The fraction of sp³-hybridized carbons (Fsp3) is 0.261. The second-order valence-corrected chi connectivity index (χ2v) is 8.21. The number of thioether (sulfide) groups is 1. The first-order valence-electron chi connectivity index (χ1n) is 10.1. The molecule has 3 amide bonds. The van der Waals surface area contributed by atoms with Crippen LogP contribution in [0.3, 0.4) is 0 Å². The molecule has 0 spiro atoms. The van der Waals surface area contributed by atoms with Crippen LogP contribution in [0.4, 0.5) is 4.79 Å². The molecule has 0 aromatic heterocycles. The summed E-state index contributed by atoms with van der Waals surface area (Å²) in [6.45, 7) is 2.48. The van der Waals surface area contributed by atoms with E-state index in [1.807, 2.05) is 6.92 Å². The Hall–Kier alpha value is -3.17. The Morgan fingerprint density at radius 2 is 1.82 bits per heavy atom. The van der Waals surface area contributed by atoms with Crippen molar-refractivity contribution in [3.8, 4) is 17.2 Å². The van der Waals surface area contributed by atoms with Crippen molar-refractivity contribution >= 4 is 46.5 Å². The minimum absolute atomic E-state index is 0.0310. The quantitative estimate of drug-likeness (QED) is 0.526. The van der Waals surface area contributed by atoms with Gasteiger partial charge in [0.2, 0.25) is 0 Å². The zero-order chi connectivity index (χ0) is 24.0. The molecule has 1 aliphatic rings. The standard InChI is InChI=1S/C23H23ClN2O6S/c1-4-32-18-7-5-14(11-19(18)31-3)12-20-22(28)26(23(29)33-20)10-9-25-21(27)16-13-15(24)6-8-17(16)30-2/h5-8,11-13H,4,9-10H2,1-3H3,(H,25,27). The number of ether oxygens (including phenoxy) is 3. The third-order valence-electron chi connectivity index (χ3n) is 4.69. The number of carbonyl (C=O) groups is 3. The molecule has 0 bridgehead atoms. The van der Waals surface area contributed by atoms with Crippen LogP contribution in [0, 0.1) is 0 Å². The van der Waals surface area contributed by atoms with Gasteiger partial charge in [0.15, 0.2) is 11.5 Å². The average Bonchev–Trinajstić information content (AvgIpc) is 3.07. The maximum atomic E-state index is 12.7. The highest BCUT2D eigenvalue weighted by Gasteiger charge is 2.34. The van der Waals surface area contributed by atoms with Crippen LogP contribution >= 0.6 is 23.4 Å². The average molecular weight is 491 g/mol. The highest BCUT2D eigenvalue weighted by atomic mass is 35.5. The number of amides is 3. The van der Waals surface area contributed by atoms with Gasteiger partial charge in [-0.15, -0.1) is 0 Å². The summed E-state index contributed by atoms with van der Waals surface area (Å²) >= 11 is 6.81. The molecule has 3 rings (SSSR count). The van der Waals surface area contributed by atoms with Crippen LogP contribution in [-0.4, -0.2) is 55.9 Å². The van der Waals surface area contributed by atoms with E-state index in [1.165, 1.54) is 20.3 Å². The van der Waals surface area contributed by atoms with Gasteiger partial charge in [0.25, 0.3) is 17.1 Å².